The van der Waals surface area contributed by atoms with Gasteiger partial charge in [0.2, 0.25) is 0 Å². The second-order valence-electron chi connectivity index (χ2n) is 6.81. The van der Waals surface area contributed by atoms with Crippen LogP contribution in [-0.4, -0.2) is 26.9 Å². The quantitative estimate of drug-likeness (QED) is 0.668. The van der Waals surface area contributed by atoms with Crippen molar-refractivity contribution in [1.29, 1.82) is 5.26 Å². The summed E-state index contributed by atoms with van der Waals surface area (Å²) in [5, 5.41) is 40.0. The number of benzene rings is 1. The number of nitriles is 1. The molecule has 1 saturated carbocycles. The number of allylic oxidation sites excluding steroid dienone is 3. The van der Waals surface area contributed by atoms with E-state index < -0.39 is 23.2 Å². The van der Waals surface area contributed by atoms with Gasteiger partial charge < -0.3 is 15.3 Å². The Kier molecular flexibility index (Phi) is 3.22. The summed E-state index contributed by atoms with van der Waals surface area (Å²) in [6.07, 6.45) is 0.974. The van der Waals surface area contributed by atoms with Crippen LogP contribution >= 0.6 is 0 Å². The summed E-state index contributed by atoms with van der Waals surface area (Å²) in [5.74, 6) is -3.40. The van der Waals surface area contributed by atoms with Gasteiger partial charge in [-0.25, -0.2) is 0 Å². The Balaban J connectivity index is 1.88. The van der Waals surface area contributed by atoms with Crippen molar-refractivity contribution in [2.24, 2.45) is 17.8 Å². The first-order valence-electron chi connectivity index (χ1n) is 8.09. The van der Waals surface area contributed by atoms with Crippen molar-refractivity contribution in [3.8, 4) is 11.8 Å². The average Bonchev–Trinajstić information content (AvgIpc) is 2.54. The van der Waals surface area contributed by atoms with Crippen LogP contribution in [0.3, 0.4) is 0 Å². The van der Waals surface area contributed by atoms with Gasteiger partial charge in [0.25, 0.3) is 0 Å². The maximum atomic E-state index is 13.0. The van der Waals surface area contributed by atoms with Gasteiger partial charge in [-0.15, -0.1) is 0 Å². The van der Waals surface area contributed by atoms with Crippen molar-refractivity contribution in [1.82, 2.24) is 0 Å². The zero-order chi connectivity index (χ0) is 17.9. The number of rotatable bonds is 0. The minimum atomic E-state index is -0.979. The van der Waals surface area contributed by atoms with Crippen LogP contribution < -0.4 is 0 Å². The van der Waals surface area contributed by atoms with Crippen molar-refractivity contribution in [3.63, 3.8) is 0 Å². The molecule has 0 aromatic heterocycles. The van der Waals surface area contributed by atoms with Crippen molar-refractivity contribution in [2.75, 3.05) is 0 Å². The molecule has 0 spiro atoms. The molecule has 126 valence electrons. The van der Waals surface area contributed by atoms with E-state index in [-0.39, 0.29) is 46.5 Å². The average molecular weight is 337 g/mol. The predicted molar refractivity (Wildman–Crippen MR) is 86.3 cm³/mol. The van der Waals surface area contributed by atoms with Crippen molar-refractivity contribution in [2.45, 2.75) is 19.3 Å². The molecule has 3 aliphatic carbocycles. The van der Waals surface area contributed by atoms with Crippen molar-refractivity contribution >= 4 is 17.3 Å². The number of carbonyl (C=O) groups is 2. The van der Waals surface area contributed by atoms with E-state index in [0.717, 1.165) is 5.56 Å². The van der Waals surface area contributed by atoms with Crippen LogP contribution in [-0.2, 0) is 16.0 Å². The maximum absolute atomic E-state index is 13.0. The molecule has 0 heterocycles. The fourth-order valence-electron chi connectivity index (χ4n) is 4.43. The van der Waals surface area contributed by atoms with Crippen LogP contribution in [0.25, 0.3) is 5.76 Å². The molecule has 3 N–H and O–H groups in total. The molecular formula is C19H15NO5. The largest absolute Gasteiger partial charge is 0.510 e. The van der Waals surface area contributed by atoms with Crippen LogP contribution in [0.15, 0.2) is 35.1 Å². The smallest absolute Gasteiger partial charge is 0.177 e. The highest BCUT2D eigenvalue weighted by molar-refractivity contribution is 6.10. The maximum Gasteiger partial charge on any atom is 0.177 e. The first-order chi connectivity index (χ1) is 11.9. The van der Waals surface area contributed by atoms with E-state index >= 15 is 0 Å². The summed E-state index contributed by atoms with van der Waals surface area (Å²) in [7, 11) is 0. The van der Waals surface area contributed by atoms with E-state index in [2.05, 4.69) is 0 Å². The van der Waals surface area contributed by atoms with Crippen LogP contribution in [0.2, 0.25) is 0 Å². The Morgan fingerprint density at radius 1 is 1.12 bits per heavy atom. The van der Waals surface area contributed by atoms with Crippen LogP contribution in [0.1, 0.15) is 24.0 Å². The molecule has 0 aliphatic heterocycles. The highest BCUT2D eigenvalue weighted by Crippen LogP contribution is 2.49. The van der Waals surface area contributed by atoms with Gasteiger partial charge in [-0.3, -0.25) is 9.59 Å². The van der Waals surface area contributed by atoms with E-state index in [4.69, 9.17) is 5.26 Å². The molecule has 3 unspecified atom stereocenters. The number of nitrogens with zero attached hydrogens (tertiary/aromatic N) is 1. The van der Waals surface area contributed by atoms with Gasteiger partial charge in [0, 0.05) is 12.0 Å². The molecule has 0 radical (unpaired) electrons. The van der Waals surface area contributed by atoms with Gasteiger partial charge in [-0.05, 0) is 36.3 Å². The summed E-state index contributed by atoms with van der Waals surface area (Å²) in [6, 6.07) is 6.58. The predicted octanol–water partition coefficient (Wildman–Crippen LogP) is 2.35. The third-order valence-electron chi connectivity index (χ3n) is 5.49. The standard InChI is InChI=1S/C19H15NO5/c20-7-11-13(22)6-10-5-9-4-8-2-1-3-12(21)14(8)18(24)16(9)19(25)15(10)17(11)23/h1-3,9-10,15,21,23-24H,4-6H2. The van der Waals surface area contributed by atoms with Crippen LogP contribution in [0, 0.1) is 29.1 Å². The third-order valence-corrected chi connectivity index (χ3v) is 5.49. The normalized spacial score (nSPS) is 28.2. The SMILES string of the molecule is N#CC1=C(O)C2C(=O)C3=C(O)c4c(O)cccc4CC3CC2CC1=O. The molecule has 1 fully saturated rings. The second-order valence-corrected chi connectivity index (χ2v) is 6.81. The first-order valence-corrected chi connectivity index (χ1v) is 8.09. The Hall–Kier alpha value is -3.07. The zero-order valence-electron chi connectivity index (χ0n) is 13.2. The van der Waals surface area contributed by atoms with E-state index in [1.54, 1.807) is 18.2 Å². The molecule has 6 heteroatoms. The lowest BCUT2D eigenvalue weighted by molar-refractivity contribution is -0.126. The fraction of sp³-hybridized carbons (Fsp3) is 0.316. The van der Waals surface area contributed by atoms with Gasteiger partial charge in [-0.2, -0.15) is 5.26 Å². The summed E-state index contributed by atoms with van der Waals surface area (Å²) in [4.78, 5) is 25.0. The molecule has 3 aliphatic rings. The molecule has 1 aromatic rings. The van der Waals surface area contributed by atoms with Gasteiger partial charge in [0.15, 0.2) is 11.6 Å². The number of fused-ring (bicyclic) bond motifs is 3. The fourth-order valence-corrected chi connectivity index (χ4v) is 4.43. The molecule has 1 aromatic carbocycles. The summed E-state index contributed by atoms with van der Waals surface area (Å²) >= 11 is 0. The third kappa shape index (κ3) is 2.02. The van der Waals surface area contributed by atoms with Crippen molar-refractivity contribution < 1.29 is 24.9 Å². The van der Waals surface area contributed by atoms with E-state index in [1.165, 1.54) is 6.07 Å². The number of carbonyl (C=O) groups excluding carboxylic acids is 2. The van der Waals surface area contributed by atoms with Crippen LogP contribution in [0.5, 0.6) is 5.75 Å². The van der Waals surface area contributed by atoms with E-state index in [1.807, 2.05) is 0 Å². The number of Topliss-reactive ketones (excluding diaryl/α,β-unsaturated/α-hetero) is 2. The van der Waals surface area contributed by atoms with Crippen LogP contribution in [0.4, 0.5) is 0 Å². The lowest BCUT2D eigenvalue weighted by Crippen LogP contribution is -2.42. The minimum absolute atomic E-state index is 0.0425. The molecule has 0 bridgehead atoms. The summed E-state index contributed by atoms with van der Waals surface area (Å²) in [5.41, 5.74) is 0.800. The Morgan fingerprint density at radius 3 is 2.60 bits per heavy atom. The minimum Gasteiger partial charge on any atom is -0.510 e. The van der Waals surface area contributed by atoms with E-state index in [9.17, 15) is 24.9 Å². The summed E-state index contributed by atoms with van der Waals surface area (Å²) < 4.78 is 0. The molecule has 0 saturated heterocycles. The van der Waals surface area contributed by atoms with Gasteiger partial charge >= 0.3 is 0 Å². The van der Waals surface area contributed by atoms with Gasteiger partial charge in [0.05, 0.1) is 11.5 Å². The molecule has 4 rings (SSSR count). The second kappa shape index (κ2) is 5.21. The Labute approximate surface area is 143 Å². The molecule has 0 amide bonds. The number of ketones is 2. The topological polar surface area (TPSA) is 119 Å². The number of aromatic hydroxyl groups is 1. The number of aliphatic hydroxyl groups excluding tert-OH is 2. The Bertz CT molecular complexity index is 934. The lowest BCUT2D eigenvalue weighted by Gasteiger charge is -2.40. The summed E-state index contributed by atoms with van der Waals surface area (Å²) in [6.45, 7) is 0. The van der Waals surface area contributed by atoms with E-state index in [0.29, 0.717) is 12.8 Å². The number of hydrogen-bond acceptors (Lipinski definition) is 6. The van der Waals surface area contributed by atoms with Crippen molar-refractivity contribution in [3.05, 3.63) is 46.2 Å². The molecular weight excluding hydrogens is 322 g/mol. The zero-order valence-corrected chi connectivity index (χ0v) is 13.2. The number of hydrogen-bond donors (Lipinski definition) is 3. The molecule has 25 heavy (non-hydrogen) atoms. The molecule has 3 atom stereocenters. The number of aliphatic hydroxyl groups is 2. The van der Waals surface area contributed by atoms with Gasteiger partial charge in [0.1, 0.15) is 28.9 Å². The first kappa shape index (κ1) is 15.5. The Morgan fingerprint density at radius 2 is 1.88 bits per heavy atom. The lowest BCUT2D eigenvalue weighted by atomic mass is 9.62. The number of phenols is 1. The molecule has 6 nitrogen and oxygen atoms in total. The highest BCUT2D eigenvalue weighted by Gasteiger charge is 2.50. The monoisotopic (exact) mass is 337 g/mol. The number of phenolic OH excluding ortho intramolecular Hbond substituents is 1. The highest BCUT2D eigenvalue weighted by atomic mass is 16.3. The van der Waals surface area contributed by atoms with Gasteiger partial charge in [-0.1, -0.05) is 12.1 Å².